The van der Waals surface area contributed by atoms with Gasteiger partial charge < -0.3 is 0 Å². The fraction of sp³-hybridized carbons (Fsp3) is 0.391. The zero-order valence-corrected chi connectivity index (χ0v) is 20.0. The normalized spacial score (nSPS) is 20.1. The third-order valence-electron chi connectivity index (χ3n) is 6.20. The van der Waals surface area contributed by atoms with E-state index in [9.17, 15) is 8.42 Å². The molecule has 1 aliphatic carbocycles. The molecule has 0 amide bonds. The highest BCUT2D eigenvalue weighted by atomic mass is 35.5. The predicted octanol–water partition coefficient (Wildman–Crippen LogP) is 4.39. The van der Waals surface area contributed by atoms with E-state index in [1.165, 1.54) is 0 Å². The first-order valence-electron chi connectivity index (χ1n) is 10.8. The summed E-state index contributed by atoms with van der Waals surface area (Å²) in [5, 5.41) is 5.57. The van der Waals surface area contributed by atoms with E-state index in [-0.39, 0.29) is 17.5 Å². The van der Waals surface area contributed by atoms with Crippen molar-refractivity contribution in [2.45, 2.75) is 44.6 Å². The smallest absolute Gasteiger partial charge is 0.199 e. The number of benzene rings is 2. The Morgan fingerprint density at radius 2 is 1.75 bits per heavy atom. The maximum atomic E-state index is 12.1. The Morgan fingerprint density at radius 3 is 2.38 bits per heavy atom. The summed E-state index contributed by atoms with van der Waals surface area (Å²) < 4.78 is 28.7. The maximum Gasteiger partial charge on any atom is 0.199 e. The van der Waals surface area contributed by atoms with Crippen molar-refractivity contribution in [1.29, 1.82) is 0 Å². The summed E-state index contributed by atoms with van der Waals surface area (Å²) >= 11 is 12.0. The molecule has 1 saturated heterocycles. The minimum Gasteiger partial charge on any atom is -0.295 e. The lowest BCUT2D eigenvalue weighted by molar-refractivity contribution is 0.145. The van der Waals surface area contributed by atoms with E-state index in [4.69, 9.17) is 28.9 Å². The van der Waals surface area contributed by atoms with Crippen LogP contribution in [0.3, 0.4) is 0 Å². The van der Waals surface area contributed by atoms with Crippen LogP contribution in [0.2, 0.25) is 5.02 Å². The lowest BCUT2D eigenvalue weighted by atomic mass is 10.2. The molecule has 2 fully saturated rings. The third-order valence-corrected chi connectivity index (χ3v) is 8.63. The molecule has 6 nitrogen and oxygen atoms in total. The summed E-state index contributed by atoms with van der Waals surface area (Å²) in [5.74, 6) is 1.28. The molecule has 3 aromatic rings. The Kier molecular flexibility index (Phi) is 5.96. The van der Waals surface area contributed by atoms with Gasteiger partial charge in [-0.05, 0) is 61.3 Å². The average Bonchev–Trinajstić information content (AvgIpc) is 3.49. The molecule has 1 aromatic heterocycles. The number of hydrogen-bond acceptors (Lipinski definition) is 5. The summed E-state index contributed by atoms with van der Waals surface area (Å²) in [5.41, 5.74) is 2.08. The molecular formula is C23H25ClN4O2S2. The first-order chi connectivity index (χ1) is 15.4. The van der Waals surface area contributed by atoms with Gasteiger partial charge in [-0.25, -0.2) is 13.1 Å². The van der Waals surface area contributed by atoms with Crippen LogP contribution in [-0.4, -0.2) is 51.3 Å². The first kappa shape index (κ1) is 21.8. The van der Waals surface area contributed by atoms with Crippen LogP contribution >= 0.6 is 23.8 Å². The van der Waals surface area contributed by atoms with E-state index in [0.717, 1.165) is 29.8 Å². The first-order valence-corrected chi connectivity index (χ1v) is 13.4. The van der Waals surface area contributed by atoms with Crippen LogP contribution in [-0.2, 0) is 23.1 Å². The molecule has 9 heteroatoms. The highest BCUT2D eigenvalue weighted by molar-refractivity contribution is 7.91. The highest BCUT2D eigenvalue weighted by Gasteiger charge is 2.40. The predicted molar refractivity (Wildman–Crippen MR) is 129 cm³/mol. The quantitative estimate of drug-likeness (QED) is 0.461. The zero-order valence-electron chi connectivity index (χ0n) is 17.6. The van der Waals surface area contributed by atoms with E-state index < -0.39 is 9.84 Å². The van der Waals surface area contributed by atoms with Crippen molar-refractivity contribution in [3.8, 4) is 11.4 Å². The van der Waals surface area contributed by atoms with Gasteiger partial charge in [0.25, 0.3) is 0 Å². The number of rotatable bonds is 7. The van der Waals surface area contributed by atoms with Crippen LogP contribution in [0.4, 0.5) is 0 Å². The summed E-state index contributed by atoms with van der Waals surface area (Å²) in [6.07, 6.45) is 2.87. The summed E-state index contributed by atoms with van der Waals surface area (Å²) in [7, 11) is -2.95. The Labute approximate surface area is 198 Å². The topological polar surface area (TPSA) is 60.1 Å². The van der Waals surface area contributed by atoms with Gasteiger partial charge in [-0.1, -0.05) is 41.9 Å². The molecule has 0 unspecified atom stereocenters. The van der Waals surface area contributed by atoms with Crippen LogP contribution in [0.1, 0.15) is 24.8 Å². The second-order valence-electron chi connectivity index (χ2n) is 8.63. The van der Waals surface area contributed by atoms with Gasteiger partial charge in [0.05, 0.1) is 24.7 Å². The van der Waals surface area contributed by atoms with Crippen LogP contribution in [0, 0.1) is 4.77 Å². The van der Waals surface area contributed by atoms with E-state index in [1.54, 1.807) is 0 Å². The van der Waals surface area contributed by atoms with Gasteiger partial charge >= 0.3 is 0 Å². The molecule has 5 rings (SSSR count). The van der Waals surface area contributed by atoms with Crippen molar-refractivity contribution in [1.82, 2.24) is 19.2 Å². The molecule has 32 heavy (non-hydrogen) atoms. The van der Waals surface area contributed by atoms with Crippen molar-refractivity contribution in [2.75, 3.05) is 11.5 Å². The minimum atomic E-state index is -2.95. The minimum absolute atomic E-state index is 0.0349. The number of sulfone groups is 1. The van der Waals surface area contributed by atoms with Gasteiger partial charge in [-0.15, -0.1) is 0 Å². The van der Waals surface area contributed by atoms with E-state index in [0.29, 0.717) is 35.5 Å². The average molecular weight is 489 g/mol. The van der Waals surface area contributed by atoms with Gasteiger partial charge in [-0.2, -0.15) is 5.10 Å². The standard InChI is InChI=1S/C23H25ClN4O2S2/c24-19-8-6-18(7-9-19)22-25-28(23(31)26(22)14-17-4-2-1-3-5-17)16-27(20-10-11-20)21-12-13-32(29,30)15-21/h1-9,20-21H,10-16H2/t21-/m1/s1. The molecule has 0 bridgehead atoms. The lowest BCUT2D eigenvalue weighted by Gasteiger charge is -2.27. The molecule has 2 heterocycles. The molecule has 2 aliphatic rings. The molecule has 168 valence electrons. The summed E-state index contributed by atoms with van der Waals surface area (Å²) in [6.45, 7) is 1.12. The molecule has 2 aromatic carbocycles. The molecule has 1 aliphatic heterocycles. The molecule has 0 N–H and O–H groups in total. The van der Waals surface area contributed by atoms with Crippen molar-refractivity contribution in [2.24, 2.45) is 0 Å². The molecular weight excluding hydrogens is 464 g/mol. The number of hydrogen-bond donors (Lipinski definition) is 0. The maximum absolute atomic E-state index is 12.1. The Hall–Kier alpha value is -2.00. The summed E-state index contributed by atoms with van der Waals surface area (Å²) in [4.78, 5) is 2.30. The fourth-order valence-corrected chi connectivity index (χ4v) is 6.50. The Balaban J connectivity index is 1.51. The van der Waals surface area contributed by atoms with Gasteiger partial charge in [0, 0.05) is 22.7 Å². The van der Waals surface area contributed by atoms with Crippen LogP contribution in [0.15, 0.2) is 54.6 Å². The van der Waals surface area contributed by atoms with Crippen molar-refractivity contribution in [3.63, 3.8) is 0 Å². The van der Waals surface area contributed by atoms with Crippen molar-refractivity contribution >= 4 is 33.7 Å². The van der Waals surface area contributed by atoms with Crippen molar-refractivity contribution < 1.29 is 8.42 Å². The number of aromatic nitrogens is 3. The van der Waals surface area contributed by atoms with Crippen LogP contribution in [0.5, 0.6) is 0 Å². The third kappa shape index (κ3) is 4.69. The lowest BCUT2D eigenvalue weighted by Crippen LogP contribution is -2.39. The summed E-state index contributed by atoms with van der Waals surface area (Å²) in [6, 6.07) is 18.2. The monoisotopic (exact) mass is 488 g/mol. The van der Waals surface area contributed by atoms with E-state index in [2.05, 4.69) is 17.0 Å². The van der Waals surface area contributed by atoms with E-state index in [1.807, 2.05) is 51.7 Å². The fourth-order valence-electron chi connectivity index (χ4n) is 4.38. The number of nitrogens with zero attached hydrogens (tertiary/aromatic N) is 4. The van der Waals surface area contributed by atoms with Gasteiger partial charge in [0.15, 0.2) is 20.4 Å². The number of halogens is 1. The van der Waals surface area contributed by atoms with Crippen molar-refractivity contribution in [3.05, 3.63) is 70.0 Å². The zero-order chi connectivity index (χ0) is 22.3. The van der Waals surface area contributed by atoms with Crippen LogP contribution < -0.4 is 0 Å². The van der Waals surface area contributed by atoms with Gasteiger partial charge in [0.1, 0.15) is 0 Å². The molecule has 1 atom stereocenters. The second-order valence-corrected chi connectivity index (χ2v) is 11.7. The largest absolute Gasteiger partial charge is 0.295 e. The highest BCUT2D eigenvalue weighted by Crippen LogP contribution is 2.33. The molecule has 0 radical (unpaired) electrons. The Morgan fingerprint density at radius 1 is 1.03 bits per heavy atom. The Bertz CT molecular complexity index is 1270. The van der Waals surface area contributed by atoms with Crippen LogP contribution in [0.25, 0.3) is 11.4 Å². The second kappa shape index (κ2) is 8.74. The van der Waals surface area contributed by atoms with Gasteiger partial charge in [0.2, 0.25) is 0 Å². The SMILES string of the molecule is O=S1(=O)CC[C@@H](N(Cn2nc(-c3ccc(Cl)cc3)n(Cc3ccccc3)c2=S)C2CC2)C1. The van der Waals surface area contributed by atoms with E-state index >= 15 is 0 Å². The molecule has 1 saturated carbocycles. The van der Waals surface area contributed by atoms with Gasteiger partial charge in [-0.3, -0.25) is 9.47 Å². The molecule has 0 spiro atoms.